The predicted molar refractivity (Wildman–Crippen MR) is 94.0 cm³/mol. The zero-order valence-corrected chi connectivity index (χ0v) is 14.4. The highest BCUT2D eigenvalue weighted by atomic mass is 16.7. The summed E-state index contributed by atoms with van der Waals surface area (Å²) in [6.07, 6.45) is 0.940. The van der Waals surface area contributed by atoms with Crippen LogP contribution in [-0.4, -0.2) is 54.9 Å². The molecule has 1 amide bonds. The molecule has 0 spiro atoms. The third-order valence-corrected chi connectivity index (χ3v) is 4.91. The summed E-state index contributed by atoms with van der Waals surface area (Å²) in [5.41, 5.74) is 1.40. The molecule has 3 aromatic rings. The number of nitrogens with one attached hydrogen (secondary N) is 1. The average Bonchev–Trinajstić information content (AvgIpc) is 3.39. The van der Waals surface area contributed by atoms with Crippen LogP contribution in [0.4, 0.5) is 5.82 Å². The van der Waals surface area contributed by atoms with E-state index >= 15 is 0 Å². The topological polar surface area (TPSA) is 115 Å². The van der Waals surface area contributed by atoms with Gasteiger partial charge in [0, 0.05) is 5.56 Å². The Labute approximate surface area is 154 Å². The van der Waals surface area contributed by atoms with E-state index in [9.17, 15) is 9.90 Å². The second-order valence-corrected chi connectivity index (χ2v) is 6.65. The number of nitrogens with zero attached hydrogens (tertiary/aromatic N) is 4. The van der Waals surface area contributed by atoms with Gasteiger partial charge in [0.05, 0.1) is 12.4 Å². The smallest absolute Gasteiger partial charge is 0.256 e. The maximum atomic E-state index is 12.4. The molecule has 2 N–H and O–H groups in total. The monoisotopic (exact) mass is 367 g/mol. The number of epoxide rings is 1. The molecule has 2 aliphatic heterocycles. The quantitative estimate of drug-likeness (QED) is 0.667. The van der Waals surface area contributed by atoms with E-state index in [0.29, 0.717) is 22.5 Å². The molecule has 1 aromatic carbocycles. The summed E-state index contributed by atoms with van der Waals surface area (Å²) in [5.74, 6) is 0.00782. The van der Waals surface area contributed by atoms with Crippen molar-refractivity contribution in [2.45, 2.75) is 37.6 Å². The summed E-state index contributed by atoms with van der Waals surface area (Å²) in [7, 11) is 0. The van der Waals surface area contributed by atoms with Gasteiger partial charge >= 0.3 is 0 Å². The number of benzene rings is 1. The number of anilines is 1. The molecular formula is C18H17N5O4. The number of hydrogen-bond acceptors (Lipinski definition) is 7. The number of carbonyl (C=O) groups excluding carboxylic acids is 1. The second kappa shape index (κ2) is 6.08. The Hall–Kier alpha value is -2.88. The fourth-order valence-corrected chi connectivity index (χ4v) is 3.46. The molecule has 0 unspecified atom stereocenters. The van der Waals surface area contributed by atoms with E-state index < -0.39 is 12.3 Å². The van der Waals surface area contributed by atoms with Crippen LogP contribution < -0.4 is 5.32 Å². The normalized spacial score (nSPS) is 29.3. The predicted octanol–water partition coefficient (Wildman–Crippen LogP) is 1.12. The van der Waals surface area contributed by atoms with Gasteiger partial charge in [-0.2, -0.15) is 0 Å². The van der Waals surface area contributed by atoms with Crippen molar-refractivity contribution in [3.63, 3.8) is 0 Å². The van der Waals surface area contributed by atoms with Crippen LogP contribution in [0.15, 0.2) is 43.0 Å². The van der Waals surface area contributed by atoms with Crippen molar-refractivity contribution < 1.29 is 19.4 Å². The van der Waals surface area contributed by atoms with Gasteiger partial charge in [0.1, 0.15) is 24.6 Å². The molecule has 138 valence electrons. The fourth-order valence-electron chi connectivity index (χ4n) is 3.46. The van der Waals surface area contributed by atoms with Crippen molar-refractivity contribution >= 4 is 22.9 Å². The minimum absolute atomic E-state index is 0.0682. The Balaban J connectivity index is 1.47. The van der Waals surface area contributed by atoms with E-state index in [-0.39, 0.29) is 24.2 Å². The molecule has 5 rings (SSSR count). The number of aliphatic hydroxyl groups is 1. The summed E-state index contributed by atoms with van der Waals surface area (Å²) in [4.78, 5) is 25.2. The van der Waals surface area contributed by atoms with Gasteiger partial charge in [-0.05, 0) is 19.1 Å². The van der Waals surface area contributed by atoms with Crippen LogP contribution in [0.3, 0.4) is 0 Å². The second-order valence-electron chi connectivity index (χ2n) is 6.65. The number of aromatic nitrogens is 4. The van der Waals surface area contributed by atoms with Crippen LogP contribution in [0, 0.1) is 0 Å². The minimum atomic E-state index is -0.819. The molecule has 5 atom stereocenters. The van der Waals surface area contributed by atoms with Crippen LogP contribution in [0.25, 0.3) is 11.2 Å². The first-order valence-corrected chi connectivity index (χ1v) is 8.66. The largest absolute Gasteiger partial charge is 0.386 e. The molecule has 0 saturated carbocycles. The van der Waals surface area contributed by atoms with E-state index in [1.807, 2.05) is 13.0 Å². The van der Waals surface area contributed by atoms with Crippen LogP contribution in [-0.2, 0) is 9.47 Å². The summed E-state index contributed by atoms with van der Waals surface area (Å²) < 4.78 is 13.0. The van der Waals surface area contributed by atoms with Gasteiger partial charge in [0.25, 0.3) is 5.91 Å². The first kappa shape index (κ1) is 16.3. The van der Waals surface area contributed by atoms with Gasteiger partial charge in [-0.15, -0.1) is 0 Å². The Morgan fingerprint density at radius 1 is 1.15 bits per heavy atom. The highest BCUT2D eigenvalue weighted by Gasteiger charge is 2.56. The van der Waals surface area contributed by atoms with E-state index in [1.165, 1.54) is 12.7 Å². The lowest BCUT2D eigenvalue weighted by atomic mass is 10.1. The van der Waals surface area contributed by atoms with Crippen molar-refractivity contribution in [1.82, 2.24) is 19.5 Å². The fraction of sp³-hybridized carbons (Fsp3) is 0.333. The molecule has 2 aliphatic rings. The number of carbonyl (C=O) groups is 1. The number of ether oxygens (including phenoxy) is 2. The Morgan fingerprint density at radius 2 is 1.96 bits per heavy atom. The van der Waals surface area contributed by atoms with Gasteiger partial charge in [0.2, 0.25) is 0 Å². The number of rotatable bonds is 3. The maximum absolute atomic E-state index is 12.4. The zero-order chi connectivity index (χ0) is 18.5. The van der Waals surface area contributed by atoms with Gasteiger partial charge < -0.3 is 19.9 Å². The van der Waals surface area contributed by atoms with Gasteiger partial charge in [-0.25, -0.2) is 15.0 Å². The maximum Gasteiger partial charge on any atom is 0.256 e. The average molecular weight is 367 g/mol. The highest BCUT2D eigenvalue weighted by Crippen LogP contribution is 2.41. The summed E-state index contributed by atoms with van der Waals surface area (Å²) in [6.45, 7) is 1.91. The van der Waals surface area contributed by atoms with Gasteiger partial charge in [-0.3, -0.25) is 9.36 Å². The number of hydrogen-bond donors (Lipinski definition) is 2. The lowest BCUT2D eigenvalue weighted by molar-refractivity contribution is -0.131. The van der Waals surface area contributed by atoms with Crippen molar-refractivity contribution in [2.24, 2.45) is 0 Å². The highest BCUT2D eigenvalue weighted by molar-refractivity contribution is 6.06. The zero-order valence-electron chi connectivity index (χ0n) is 14.4. The van der Waals surface area contributed by atoms with Gasteiger partial charge in [0.15, 0.2) is 23.2 Å². The Kier molecular flexibility index (Phi) is 3.67. The van der Waals surface area contributed by atoms with Gasteiger partial charge in [-0.1, -0.05) is 18.2 Å². The standard InChI is InChI=1S/C18H17N5O4/c1-9-13-14(27-13)12(24)18(26-9)23-8-21-11-15(19-7-20-16(11)23)22-17(25)10-5-3-2-4-6-10/h2-9,12-14,18,24H,1H3,(H,19,20,22,25)/t9-,12+,13+,14+,18-/m1/s1. The number of amides is 1. The third-order valence-electron chi connectivity index (χ3n) is 4.91. The molecule has 2 aromatic heterocycles. The molecule has 2 saturated heterocycles. The number of fused-ring (bicyclic) bond motifs is 2. The molecule has 27 heavy (non-hydrogen) atoms. The molecule has 0 radical (unpaired) electrons. The molecule has 4 heterocycles. The van der Waals surface area contributed by atoms with E-state index in [4.69, 9.17) is 9.47 Å². The third kappa shape index (κ3) is 2.67. The molecular weight excluding hydrogens is 350 g/mol. The lowest BCUT2D eigenvalue weighted by Crippen LogP contribution is -2.41. The van der Waals surface area contributed by atoms with Crippen molar-refractivity contribution in [3.8, 4) is 0 Å². The molecule has 9 nitrogen and oxygen atoms in total. The lowest BCUT2D eigenvalue weighted by Gasteiger charge is -2.30. The summed E-state index contributed by atoms with van der Waals surface area (Å²) in [6, 6.07) is 8.84. The van der Waals surface area contributed by atoms with E-state index in [1.54, 1.807) is 28.8 Å². The molecule has 9 heteroatoms. The minimum Gasteiger partial charge on any atom is -0.386 e. The molecule has 0 bridgehead atoms. The molecule has 2 fully saturated rings. The van der Waals surface area contributed by atoms with Crippen LogP contribution in [0.2, 0.25) is 0 Å². The summed E-state index contributed by atoms with van der Waals surface area (Å²) in [5, 5.41) is 13.2. The van der Waals surface area contributed by atoms with Crippen LogP contribution >= 0.6 is 0 Å². The first-order valence-electron chi connectivity index (χ1n) is 8.66. The number of aliphatic hydroxyl groups excluding tert-OH is 1. The van der Waals surface area contributed by atoms with Crippen molar-refractivity contribution in [2.75, 3.05) is 5.32 Å². The summed E-state index contributed by atoms with van der Waals surface area (Å²) >= 11 is 0. The van der Waals surface area contributed by atoms with Crippen molar-refractivity contribution in [1.29, 1.82) is 0 Å². The Morgan fingerprint density at radius 3 is 2.78 bits per heavy atom. The first-order chi connectivity index (χ1) is 13.1. The van der Waals surface area contributed by atoms with E-state index in [0.717, 1.165) is 0 Å². The molecule has 0 aliphatic carbocycles. The number of imidazole rings is 1. The SMILES string of the molecule is C[C@H]1O[C@@H](n2cnc3c(NC(=O)c4ccccc4)ncnc32)[C@@H](O)[C@@H]2O[C@H]21. The van der Waals surface area contributed by atoms with Crippen LogP contribution in [0.1, 0.15) is 23.5 Å². The van der Waals surface area contributed by atoms with Crippen LogP contribution in [0.5, 0.6) is 0 Å². The van der Waals surface area contributed by atoms with Crippen molar-refractivity contribution in [3.05, 3.63) is 48.5 Å². The Bertz CT molecular complexity index is 1010. The van der Waals surface area contributed by atoms with E-state index in [2.05, 4.69) is 20.3 Å².